The van der Waals surface area contributed by atoms with E-state index in [1.807, 2.05) is 4.90 Å². The number of hydrogen-bond acceptors (Lipinski definition) is 4. The third kappa shape index (κ3) is 3.35. The first-order valence-electron chi connectivity index (χ1n) is 7.02. The number of hydrogen-bond donors (Lipinski definition) is 1. The van der Waals surface area contributed by atoms with Gasteiger partial charge < -0.3 is 14.7 Å². The van der Waals surface area contributed by atoms with Crippen LogP contribution in [0.4, 0.5) is 0 Å². The van der Waals surface area contributed by atoms with Crippen LogP contribution in [-0.2, 0) is 0 Å². The van der Waals surface area contributed by atoms with Crippen molar-refractivity contribution < 1.29 is 9.32 Å². The molecule has 1 saturated heterocycles. The van der Waals surface area contributed by atoms with Gasteiger partial charge >= 0.3 is 0 Å². The van der Waals surface area contributed by atoms with E-state index >= 15 is 0 Å². The molecule has 0 aliphatic carbocycles. The molecule has 1 atom stereocenters. The zero-order valence-electron chi connectivity index (χ0n) is 12.0. The van der Waals surface area contributed by atoms with Gasteiger partial charge in [0.1, 0.15) is 11.3 Å². The Labute approximate surface area is 114 Å². The minimum absolute atomic E-state index is 0.0272. The first-order valence-corrected chi connectivity index (χ1v) is 7.02. The Morgan fingerprint density at radius 2 is 2.42 bits per heavy atom. The fourth-order valence-corrected chi connectivity index (χ4v) is 2.54. The fraction of sp³-hybridized carbons (Fsp3) is 0.714. The minimum Gasteiger partial charge on any atom is -0.361 e. The van der Waals surface area contributed by atoms with Gasteiger partial charge in [-0.15, -0.1) is 0 Å². The van der Waals surface area contributed by atoms with Gasteiger partial charge in [0, 0.05) is 12.6 Å². The van der Waals surface area contributed by atoms with Crippen molar-refractivity contribution in [3.05, 3.63) is 17.5 Å². The van der Waals surface area contributed by atoms with Crippen LogP contribution in [0, 0.1) is 12.8 Å². The van der Waals surface area contributed by atoms with Crippen molar-refractivity contribution >= 4 is 5.91 Å². The second-order valence-electron chi connectivity index (χ2n) is 5.56. The molecule has 1 unspecified atom stereocenters. The third-order valence-corrected chi connectivity index (χ3v) is 3.72. The van der Waals surface area contributed by atoms with Crippen LogP contribution in [-0.4, -0.2) is 41.6 Å². The van der Waals surface area contributed by atoms with E-state index in [1.54, 1.807) is 6.92 Å². The highest BCUT2D eigenvalue weighted by Crippen LogP contribution is 2.17. The van der Waals surface area contributed by atoms with Crippen LogP contribution in [0.1, 0.15) is 42.8 Å². The van der Waals surface area contributed by atoms with E-state index < -0.39 is 0 Å². The summed E-state index contributed by atoms with van der Waals surface area (Å²) in [6.07, 6.45) is 3.90. The van der Waals surface area contributed by atoms with Crippen molar-refractivity contribution in [3.8, 4) is 0 Å². The van der Waals surface area contributed by atoms with Crippen molar-refractivity contribution in [2.45, 2.75) is 39.7 Å². The van der Waals surface area contributed by atoms with Crippen molar-refractivity contribution in [1.29, 1.82) is 0 Å². The lowest BCUT2D eigenvalue weighted by Gasteiger charge is -2.32. The first kappa shape index (κ1) is 14.1. The summed E-state index contributed by atoms with van der Waals surface area (Å²) in [4.78, 5) is 14.5. The van der Waals surface area contributed by atoms with Crippen molar-refractivity contribution in [1.82, 2.24) is 15.4 Å². The van der Waals surface area contributed by atoms with Gasteiger partial charge in [-0.3, -0.25) is 4.79 Å². The molecule has 0 bridgehead atoms. The molecule has 1 amide bonds. The summed E-state index contributed by atoms with van der Waals surface area (Å²) >= 11 is 0. The molecular formula is C14H23N3O2. The summed E-state index contributed by atoms with van der Waals surface area (Å²) in [6, 6.07) is 0.184. The molecule has 1 fully saturated rings. The molecule has 0 radical (unpaired) electrons. The lowest BCUT2D eigenvalue weighted by Crippen LogP contribution is -2.44. The smallest absolute Gasteiger partial charge is 0.259 e. The molecular weight excluding hydrogens is 242 g/mol. The van der Waals surface area contributed by atoms with Crippen molar-refractivity contribution in [3.63, 3.8) is 0 Å². The number of amides is 1. The Bertz CT molecular complexity index is 422. The predicted molar refractivity (Wildman–Crippen MR) is 73.0 cm³/mol. The van der Waals surface area contributed by atoms with Crippen molar-refractivity contribution in [2.75, 3.05) is 19.6 Å². The summed E-state index contributed by atoms with van der Waals surface area (Å²) in [6.45, 7) is 8.78. The number of aryl methyl sites for hydroxylation is 1. The maximum Gasteiger partial charge on any atom is 0.259 e. The molecule has 0 saturated carbocycles. The zero-order valence-corrected chi connectivity index (χ0v) is 12.0. The molecule has 0 aromatic carbocycles. The average Bonchev–Trinajstić information content (AvgIpc) is 2.82. The lowest BCUT2D eigenvalue weighted by atomic mass is 9.98. The van der Waals surface area contributed by atoms with Gasteiger partial charge in [0.15, 0.2) is 0 Å². The first-order chi connectivity index (χ1) is 9.09. The van der Waals surface area contributed by atoms with E-state index in [4.69, 9.17) is 4.52 Å². The largest absolute Gasteiger partial charge is 0.361 e. The summed E-state index contributed by atoms with van der Waals surface area (Å²) in [7, 11) is 0. The molecule has 1 aromatic heterocycles. The van der Waals surface area contributed by atoms with Crippen LogP contribution >= 0.6 is 0 Å². The van der Waals surface area contributed by atoms with Crippen LogP contribution in [0.25, 0.3) is 0 Å². The Balaban J connectivity index is 2.07. The van der Waals surface area contributed by atoms with Gasteiger partial charge in [-0.05, 0) is 52.6 Å². The molecule has 2 heterocycles. The summed E-state index contributed by atoms with van der Waals surface area (Å²) in [5.41, 5.74) is 0.581. The van der Waals surface area contributed by atoms with Crippen LogP contribution in [0.5, 0.6) is 0 Å². The molecule has 5 nitrogen and oxygen atoms in total. The Morgan fingerprint density at radius 3 is 2.95 bits per heavy atom. The summed E-state index contributed by atoms with van der Waals surface area (Å²) < 4.78 is 5.00. The van der Waals surface area contributed by atoms with Gasteiger partial charge in [0.05, 0.1) is 6.20 Å². The lowest BCUT2D eigenvalue weighted by molar-refractivity contribution is 0.0659. The topological polar surface area (TPSA) is 58.4 Å². The predicted octanol–water partition coefficient (Wildman–Crippen LogP) is 1.83. The molecule has 5 heteroatoms. The van der Waals surface area contributed by atoms with E-state index in [0.717, 1.165) is 19.6 Å². The number of carbonyl (C=O) groups excluding carboxylic acids is 1. The van der Waals surface area contributed by atoms with Gasteiger partial charge in [-0.2, -0.15) is 0 Å². The number of nitrogens with one attached hydrogen (secondary N) is 1. The minimum atomic E-state index is 0.0272. The standard InChI is InChI=1S/C14H23N3O2/c1-10(2)17(9-12-5-4-6-15-7-12)14(18)13-8-16-19-11(13)3/h8,10,12,15H,4-7,9H2,1-3H3. The Hall–Kier alpha value is -1.36. The highest BCUT2D eigenvalue weighted by atomic mass is 16.5. The van der Waals surface area contributed by atoms with E-state index in [1.165, 1.54) is 19.0 Å². The van der Waals surface area contributed by atoms with E-state index in [9.17, 15) is 4.79 Å². The van der Waals surface area contributed by atoms with Crippen LogP contribution in [0.2, 0.25) is 0 Å². The van der Waals surface area contributed by atoms with Crippen LogP contribution < -0.4 is 5.32 Å². The monoisotopic (exact) mass is 265 g/mol. The normalized spacial score (nSPS) is 19.7. The maximum absolute atomic E-state index is 12.5. The van der Waals surface area contributed by atoms with E-state index in [-0.39, 0.29) is 11.9 Å². The molecule has 2 rings (SSSR count). The fourth-order valence-electron chi connectivity index (χ4n) is 2.54. The average molecular weight is 265 g/mol. The SMILES string of the molecule is Cc1oncc1C(=O)N(CC1CCCNC1)C(C)C. The Morgan fingerprint density at radius 1 is 1.63 bits per heavy atom. The molecule has 1 aliphatic heterocycles. The van der Waals surface area contributed by atoms with E-state index in [2.05, 4.69) is 24.3 Å². The second kappa shape index (κ2) is 6.19. The van der Waals surface area contributed by atoms with Gasteiger partial charge in [-0.1, -0.05) is 5.16 Å². The number of nitrogens with zero attached hydrogens (tertiary/aromatic N) is 2. The molecule has 106 valence electrons. The second-order valence-corrected chi connectivity index (χ2v) is 5.56. The van der Waals surface area contributed by atoms with Gasteiger partial charge in [0.2, 0.25) is 0 Å². The number of carbonyl (C=O) groups is 1. The highest BCUT2D eigenvalue weighted by Gasteiger charge is 2.26. The van der Waals surface area contributed by atoms with Crippen molar-refractivity contribution in [2.24, 2.45) is 5.92 Å². The zero-order chi connectivity index (χ0) is 13.8. The number of aromatic nitrogens is 1. The molecule has 19 heavy (non-hydrogen) atoms. The van der Waals surface area contributed by atoms with Gasteiger partial charge in [0.25, 0.3) is 5.91 Å². The highest BCUT2D eigenvalue weighted by molar-refractivity contribution is 5.95. The van der Waals surface area contributed by atoms with Crippen LogP contribution in [0.15, 0.2) is 10.7 Å². The number of rotatable bonds is 4. The van der Waals surface area contributed by atoms with Crippen LogP contribution in [0.3, 0.4) is 0 Å². The summed E-state index contributed by atoms with van der Waals surface area (Å²) in [5, 5.41) is 7.09. The Kier molecular flexibility index (Phi) is 4.58. The van der Waals surface area contributed by atoms with E-state index in [0.29, 0.717) is 17.2 Å². The quantitative estimate of drug-likeness (QED) is 0.902. The molecule has 1 N–H and O–H groups in total. The molecule has 0 spiro atoms. The third-order valence-electron chi connectivity index (χ3n) is 3.72. The maximum atomic E-state index is 12.5. The van der Waals surface area contributed by atoms with Gasteiger partial charge in [-0.25, -0.2) is 0 Å². The molecule has 1 aliphatic rings. The molecule has 1 aromatic rings. The summed E-state index contributed by atoms with van der Waals surface area (Å²) in [5.74, 6) is 1.16. The number of piperidine rings is 1.